The molecule has 212 valence electrons. The third-order valence-corrected chi connectivity index (χ3v) is 7.64. The van der Waals surface area contributed by atoms with E-state index in [1.807, 2.05) is 61.5 Å². The number of anilines is 1. The van der Waals surface area contributed by atoms with Crippen LogP contribution in [0.2, 0.25) is 0 Å². The summed E-state index contributed by atoms with van der Waals surface area (Å²) < 4.78 is 8.99. The summed E-state index contributed by atoms with van der Waals surface area (Å²) in [5.74, 6) is 6.59. The molecule has 1 aliphatic heterocycles. The summed E-state index contributed by atoms with van der Waals surface area (Å²) >= 11 is 0. The average molecular weight is 561 g/mol. The van der Waals surface area contributed by atoms with Crippen LogP contribution in [0, 0.1) is 17.8 Å². The number of aromatic nitrogens is 4. The molecule has 0 radical (unpaired) electrons. The van der Waals surface area contributed by atoms with Crippen molar-refractivity contribution in [2.45, 2.75) is 51.9 Å². The van der Waals surface area contributed by atoms with Gasteiger partial charge in [-0.1, -0.05) is 42.2 Å². The van der Waals surface area contributed by atoms with Gasteiger partial charge in [0, 0.05) is 35.3 Å². The second-order valence-electron chi connectivity index (χ2n) is 10.9. The number of hydrogen-bond donors (Lipinski definition) is 2. The molecule has 3 N–H and O–H groups in total. The SMILES string of the molecule is CC1CC(C#Cc2cccc3cc(C(C)NC(=O)c4c(N)nn5cccnc45)n(-c4ccccc4)c(=O)c23)CC(C)O1. The van der Waals surface area contributed by atoms with E-state index in [1.54, 1.807) is 23.0 Å². The monoisotopic (exact) mass is 560 g/mol. The first-order valence-corrected chi connectivity index (χ1v) is 14.1. The largest absolute Gasteiger partial charge is 0.381 e. The first-order chi connectivity index (χ1) is 20.3. The number of para-hydroxylation sites is 1. The van der Waals surface area contributed by atoms with Crippen molar-refractivity contribution in [1.82, 2.24) is 24.5 Å². The number of nitrogens with two attached hydrogens (primary N) is 1. The Morgan fingerprint density at radius 3 is 2.62 bits per heavy atom. The summed E-state index contributed by atoms with van der Waals surface area (Å²) in [5.41, 5.74) is 8.42. The maximum absolute atomic E-state index is 14.3. The molecule has 1 fully saturated rings. The number of ether oxygens (including phenoxy) is 1. The molecule has 0 saturated carbocycles. The number of pyridine rings is 1. The molecule has 0 aliphatic carbocycles. The normalized spacial score (nSPS) is 19.3. The molecular formula is C33H32N6O3. The van der Waals surface area contributed by atoms with Crippen molar-refractivity contribution in [2.24, 2.45) is 5.92 Å². The quantitative estimate of drug-likeness (QED) is 0.309. The molecule has 9 nitrogen and oxygen atoms in total. The molecule has 3 atom stereocenters. The number of fused-ring (bicyclic) bond motifs is 2. The Bertz CT molecular complexity index is 1910. The number of nitrogens with zero attached hydrogens (tertiary/aromatic N) is 4. The summed E-state index contributed by atoms with van der Waals surface area (Å²) in [7, 11) is 0. The van der Waals surface area contributed by atoms with Gasteiger partial charge in [0.05, 0.1) is 23.6 Å². The van der Waals surface area contributed by atoms with Gasteiger partial charge in [-0.25, -0.2) is 9.50 Å². The van der Waals surface area contributed by atoms with E-state index in [4.69, 9.17) is 10.5 Å². The van der Waals surface area contributed by atoms with Crippen molar-refractivity contribution in [2.75, 3.05) is 5.73 Å². The van der Waals surface area contributed by atoms with E-state index < -0.39 is 11.9 Å². The van der Waals surface area contributed by atoms with E-state index in [1.165, 1.54) is 4.52 Å². The van der Waals surface area contributed by atoms with Crippen LogP contribution < -0.4 is 16.6 Å². The highest BCUT2D eigenvalue weighted by Gasteiger charge is 2.25. The number of carbonyl (C=O) groups excluding carboxylic acids is 1. The van der Waals surface area contributed by atoms with Gasteiger partial charge in [0.25, 0.3) is 11.5 Å². The molecule has 0 bridgehead atoms. The number of rotatable bonds is 4. The van der Waals surface area contributed by atoms with Crippen molar-refractivity contribution in [3.8, 4) is 17.5 Å². The first-order valence-electron chi connectivity index (χ1n) is 14.1. The summed E-state index contributed by atoms with van der Waals surface area (Å²) in [4.78, 5) is 32.0. The molecule has 3 unspecified atom stereocenters. The molecule has 6 rings (SSSR count). The molecule has 1 aliphatic rings. The molecule has 2 aromatic carbocycles. The molecule has 5 aromatic rings. The van der Waals surface area contributed by atoms with Crippen LogP contribution in [0.3, 0.4) is 0 Å². The van der Waals surface area contributed by atoms with E-state index >= 15 is 0 Å². The molecular weight excluding hydrogens is 528 g/mol. The van der Waals surface area contributed by atoms with Crippen molar-refractivity contribution < 1.29 is 9.53 Å². The van der Waals surface area contributed by atoms with E-state index in [9.17, 15) is 9.59 Å². The number of nitrogens with one attached hydrogen (secondary N) is 1. The van der Waals surface area contributed by atoms with Crippen LogP contribution in [0.25, 0.3) is 22.1 Å². The van der Waals surface area contributed by atoms with Crippen LogP contribution in [-0.4, -0.2) is 37.3 Å². The molecule has 4 heterocycles. The zero-order valence-corrected chi connectivity index (χ0v) is 23.7. The molecule has 0 spiro atoms. The summed E-state index contributed by atoms with van der Waals surface area (Å²) in [6, 6.07) is 18.2. The Kier molecular flexibility index (Phi) is 7.23. The lowest BCUT2D eigenvalue weighted by molar-refractivity contribution is -0.0419. The highest BCUT2D eigenvalue weighted by atomic mass is 16.5. The van der Waals surface area contributed by atoms with Gasteiger partial charge in [-0.15, -0.1) is 5.10 Å². The number of amides is 1. The molecule has 9 heteroatoms. The third kappa shape index (κ3) is 5.13. The first kappa shape index (κ1) is 27.2. The third-order valence-electron chi connectivity index (χ3n) is 7.64. The highest BCUT2D eigenvalue weighted by Crippen LogP contribution is 2.26. The maximum Gasteiger partial charge on any atom is 0.264 e. The van der Waals surface area contributed by atoms with Crippen molar-refractivity contribution in [3.05, 3.63) is 100 Å². The number of nitrogen functional groups attached to an aromatic ring is 1. The second kappa shape index (κ2) is 11.1. The molecule has 3 aromatic heterocycles. The van der Waals surface area contributed by atoms with Crippen molar-refractivity contribution >= 4 is 28.1 Å². The lowest BCUT2D eigenvalue weighted by atomic mass is 9.92. The van der Waals surface area contributed by atoms with E-state index in [2.05, 4.69) is 41.1 Å². The van der Waals surface area contributed by atoms with E-state index in [-0.39, 0.29) is 35.1 Å². The van der Waals surface area contributed by atoms with Gasteiger partial charge < -0.3 is 15.8 Å². The number of hydrogen-bond acceptors (Lipinski definition) is 6. The maximum atomic E-state index is 14.3. The van der Waals surface area contributed by atoms with Gasteiger partial charge in [0.2, 0.25) is 0 Å². The topological polar surface area (TPSA) is 117 Å². The van der Waals surface area contributed by atoms with E-state index in [0.717, 1.165) is 18.2 Å². The summed E-state index contributed by atoms with van der Waals surface area (Å²) in [6.45, 7) is 5.98. The fourth-order valence-electron chi connectivity index (χ4n) is 5.82. The zero-order valence-electron chi connectivity index (χ0n) is 23.7. The Balaban J connectivity index is 1.43. The van der Waals surface area contributed by atoms with Crippen LogP contribution in [0.4, 0.5) is 5.82 Å². The van der Waals surface area contributed by atoms with Crippen molar-refractivity contribution in [1.29, 1.82) is 0 Å². The second-order valence-corrected chi connectivity index (χ2v) is 10.9. The van der Waals surface area contributed by atoms with Gasteiger partial charge >= 0.3 is 0 Å². The molecule has 1 saturated heterocycles. The minimum atomic E-state index is -0.562. The minimum absolute atomic E-state index is 0.0777. The van der Waals surface area contributed by atoms with Crippen LogP contribution in [-0.2, 0) is 4.74 Å². The average Bonchev–Trinajstić information content (AvgIpc) is 3.31. The van der Waals surface area contributed by atoms with Gasteiger partial charge in [-0.05, 0) is 69.3 Å². The lowest BCUT2D eigenvalue weighted by Gasteiger charge is -2.29. The Labute approximate surface area is 243 Å². The van der Waals surface area contributed by atoms with Gasteiger partial charge in [-0.3, -0.25) is 14.2 Å². The van der Waals surface area contributed by atoms with Gasteiger partial charge in [0.15, 0.2) is 11.5 Å². The fourth-order valence-corrected chi connectivity index (χ4v) is 5.82. The van der Waals surface area contributed by atoms with Gasteiger partial charge in [0.1, 0.15) is 5.56 Å². The standard InChI is InChI=1S/C33H32N6O3/c1-20-17-23(18-21(2)42-20)13-14-24-9-7-10-25-19-27(39(33(41)28(24)25)26-11-5-4-6-12-26)22(3)36-32(40)29-30(34)37-38-16-8-15-35-31(29)38/h4-12,15-16,19-23H,17-18H2,1-3H3,(H2,34,37)(H,36,40). The summed E-state index contributed by atoms with van der Waals surface area (Å²) in [6.07, 6.45) is 5.30. The Morgan fingerprint density at radius 1 is 1.10 bits per heavy atom. The highest BCUT2D eigenvalue weighted by molar-refractivity contribution is 6.04. The fraction of sp³-hybridized carbons (Fsp3) is 0.273. The predicted octanol–water partition coefficient (Wildman–Crippen LogP) is 4.66. The van der Waals surface area contributed by atoms with E-state index in [0.29, 0.717) is 28.0 Å². The van der Waals surface area contributed by atoms with Crippen LogP contribution in [0.5, 0.6) is 0 Å². The smallest absolute Gasteiger partial charge is 0.264 e. The van der Waals surface area contributed by atoms with Crippen molar-refractivity contribution in [3.63, 3.8) is 0 Å². The van der Waals surface area contributed by atoms with Crippen LogP contribution >= 0.6 is 0 Å². The Hall–Kier alpha value is -4.94. The number of benzene rings is 2. The van der Waals surface area contributed by atoms with Gasteiger partial charge in [-0.2, -0.15) is 0 Å². The zero-order chi connectivity index (χ0) is 29.4. The predicted molar refractivity (Wildman–Crippen MR) is 162 cm³/mol. The van der Waals surface area contributed by atoms with Crippen LogP contribution in [0.1, 0.15) is 61.3 Å². The lowest BCUT2D eigenvalue weighted by Crippen LogP contribution is -2.32. The summed E-state index contributed by atoms with van der Waals surface area (Å²) in [5, 5.41) is 8.51. The molecule has 1 amide bonds. The number of carbonyl (C=O) groups is 1. The molecule has 42 heavy (non-hydrogen) atoms. The minimum Gasteiger partial charge on any atom is -0.381 e. The Morgan fingerprint density at radius 2 is 1.86 bits per heavy atom. The van der Waals surface area contributed by atoms with Crippen LogP contribution in [0.15, 0.2) is 77.9 Å².